The topological polar surface area (TPSA) is 59.9 Å². The van der Waals surface area contributed by atoms with E-state index in [4.69, 9.17) is 9.47 Å². The molecule has 1 aliphatic heterocycles. The second-order valence-electron chi connectivity index (χ2n) is 6.21. The Kier molecular flexibility index (Phi) is 4.27. The van der Waals surface area contributed by atoms with Gasteiger partial charge in [-0.3, -0.25) is 4.79 Å². The summed E-state index contributed by atoms with van der Waals surface area (Å²) in [6.07, 6.45) is 0.862. The number of hydrogen-bond acceptors (Lipinski definition) is 4. The summed E-state index contributed by atoms with van der Waals surface area (Å²) in [5.74, 6) is 0.876. The molecule has 130 valence electrons. The van der Waals surface area contributed by atoms with Crippen molar-refractivity contribution in [3.8, 4) is 11.5 Å². The second kappa shape index (κ2) is 6.88. The number of benzene rings is 3. The van der Waals surface area contributed by atoms with Crippen LogP contribution in [0.3, 0.4) is 0 Å². The standard InChI is InChI=1S/C21H18N2O3/c1-14-6-8-15(9-7-14)12-22-23-21(24)20-13-25-18-10-16-4-2-3-5-17(16)11-19(18)26-20/h2-12,20H,13H2,1H3,(H,23,24)/b22-12+/t20-/m1/s1. The molecular formula is C21H18N2O3. The van der Waals surface area contributed by atoms with Gasteiger partial charge in [-0.15, -0.1) is 0 Å². The highest BCUT2D eigenvalue weighted by atomic mass is 16.6. The average Bonchev–Trinajstić information content (AvgIpc) is 2.67. The number of nitrogens with zero attached hydrogens (tertiary/aromatic N) is 1. The summed E-state index contributed by atoms with van der Waals surface area (Å²) < 4.78 is 11.5. The lowest BCUT2D eigenvalue weighted by Gasteiger charge is -2.25. The SMILES string of the molecule is Cc1ccc(/C=N/NC(=O)[C@H]2COc3cc4ccccc4cc3O2)cc1. The Hall–Kier alpha value is -3.34. The molecule has 0 unspecified atom stereocenters. The van der Waals surface area contributed by atoms with Crippen LogP contribution in [0, 0.1) is 6.92 Å². The minimum Gasteiger partial charge on any atom is -0.485 e. The van der Waals surface area contributed by atoms with Crippen molar-refractivity contribution < 1.29 is 14.3 Å². The Morgan fingerprint density at radius 2 is 1.77 bits per heavy atom. The molecule has 0 saturated carbocycles. The van der Waals surface area contributed by atoms with E-state index in [0.29, 0.717) is 11.5 Å². The van der Waals surface area contributed by atoms with Gasteiger partial charge in [-0.25, -0.2) is 5.43 Å². The van der Waals surface area contributed by atoms with E-state index in [1.165, 1.54) is 5.56 Å². The minimum atomic E-state index is -0.737. The van der Waals surface area contributed by atoms with Gasteiger partial charge in [0.15, 0.2) is 11.5 Å². The van der Waals surface area contributed by atoms with Crippen molar-refractivity contribution in [1.29, 1.82) is 0 Å². The van der Waals surface area contributed by atoms with Crippen molar-refractivity contribution in [3.63, 3.8) is 0 Å². The van der Waals surface area contributed by atoms with E-state index in [1.807, 2.05) is 67.6 Å². The van der Waals surface area contributed by atoms with Crippen LogP contribution in [0.25, 0.3) is 10.8 Å². The van der Waals surface area contributed by atoms with Crippen molar-refractivity contribution in [1.82, 2.24) is 5.43 Å². The second-order valence-corrected chi connectivity index (χ2v) is 6.21. The first-order valence-corrected chi connectivity index (χ1v) is 8.41. The molecule has 1 atom stereocenters. The molecule has 3 aromatic carbocycles. The molecule has 4 rings (SSSR count). The Bertz CT molecular complexity index is 980. The van der Waals surface area contributed by atoms with E-state index in [2.05, 4.69) is 10.5 Å². The molecule has 0 aromatic heterocycles. The molecule has 0 radical (unpaired) electrons. The number of aryl methyl sites for hydroxylation is 1. The van der Waals surface area contributed by atoms with Gasteiger partial charge >= 0.3 is 0 Å². The van der Waals surface area contributed by atoms with Crippen molar-refractivity contribution in [2.45, 2.75) is 13.0 Å². The molecule has 0 saturated heterocycles. The number of hydrazone groups is 1. The summed E-state index contributed by atoms with van der Waals surface area (Å²) in [4.78, 5) is 12.3. The van der Waals surface area contributed by atoms with E-state index in [-0.39, 0.29) is 12.5 Å². The highest BCUT2D eigenvalue weighted by Gasteiger charge is 2.27. The van der Waals surface area contributed by atoms with Crippen LogP contribution in [0.5, 0.6) is 11.5 Å². The highest BCUT2D eigenvalue weighted by molar-refractivity contribution is 5.88. The normalized spacial score (nSPS) is 16.0. The maximum absolute atomic E-state index is 12.3. The first-order valence-electron chi connectivity index (χ1n) is 8.41. The Labute approximate surface area is 151 Å². The maximum atomic E-state index is 12.3. The molecule has 5 heteroatoms. The van der Waals surface area contributed by atoms with Crippen LogP contribution in [0.2, 0.25) is 0 Å². The first kappa shape index (κ1) is 16.1. The lowest BCUT2D eigenvalue weighted by atomic mass is 10.1. The lowest BCUT2D eigenvalue weighted by Crippen LogP contribution is -2.42. The van der Waals surface area contributed by atoms with Crippen molar-refractivity contribution in [3.05, 3.63) is 71.8 Å². The predicted octanol–water partition coefficient (Wildman–Crippen LogP) is 3.44. The first-order chi connectivity index (χ1) is 12.7. The van der Waals surface area contributed by atoms with E-state index in [1.54, 1.807) is 6.21 Å². The average molecular weight is 346 g/mol. The van der Waals surface area contributed by atoms with Gasteiger partial charge in [0.1, 0.15) is 6.61 Å². The predicted molar refractivity (Wildman–Crippen MR) is 101 cm³/mol. The molecule has 26 heavy (non-hydrogen) atoms. The Morgan fingerprint density at radius 3 is 2.50 bits per heavy atom. The summed E-state index contributed by atoms with van der Waals surface area (Å²) in [6, 6.07) is 19.6. The molecule has 0 aliphatic carbocycles. The quantitative estimate of drug-likeness (QED) is 0.584. The number of fused-ring (bicyclic) bond motifs is 2. The number of rotatable bonds is 3. The monoisotopic (exact) mass is 346 g/mol. The molecule has 1 N–H and O–H groups in total. The number of carbonyl (C=O) groups is 1. The van der Waals surface area contributed by atoms with Crippen LogP contribution < -0.4 is 14.9 Å². The van der Waals surface area contributed by atoms with Crippen LogP contribution in [0.4, 0.5) is 0 Å². The molecule has 1 amide bonds. The van der Waals surface area contributed by atoms with Crippen molar-refractivity contribution in [2.75, 3.05) is 6.61 Å². The highest BCUT2D eigenvalue weighted by Crippen LogP contribution is 2.35. The fourth-order valence-electron chi connectivity index (χ4n) is 2.78. The lowest BCUT2D eigenvalue weighted by molar-refractivity contribution is -0.130. The molecule has 0 spiro atoms. The van der Waals surface area contributed by atoms with Crippen molar-refractivity contribution in [2.24, 2.45) is 5.10 Å². The molecular weight excluding hydrogens is 328 g/mol. The van der Waals surface area contributed by atoms with Crippen LogP contribution in [0.15, 0.2) is 65.8 Å². The molecule has 0 bridgehead atoms. The van der Waals surface area contributed by atoms with Crippen LogP contribution >= 0.6 is 0 Å². The zero-order chi connectivity index (χ0) is 17.9. The van der Waals surface area contributed by atoms with Gasteiger partial charge in [0.2, 0.25) is 6.10 Å². The molecule has 5 nitrogen and oxygen atoms in total. The smallest absolute Gasteiger partial charge is 0.284 e. The van der Waals surface area contributed by atoms with Gasteiger partial charge in [-0.1, -0.05) is 54.1 Å². The van der Waals surface area contributed by atoms with Crippen LogP contribution in [-0.2, 0) is 4.79 Å². The van der Waals surface area contributed by atoms with Gasteiger partial charge in [0.05, 0.1) is 6.21 Å². The van der Waals surface area contributed by atoms with Gasteiger partial charge in [0, 0.05) is 0 Å². The van der Waals surface area contributed by atoms with E-state index < -0.39 is 6.10 Å². The number of hydrogen-bond donors (Lipinski definition) is 1. The van der Waals surface area contributed by atoms with Gasteiger partial charge in [0.25, 0.3) is 5.91 Å². The van der Waals surface area contributed by atoms with Gasteiger partial charge in [-0.2, -0.15) is 5.10 Å². The minimum absolute atomic E-state index is 0.150. The third-order valence-electron chi connectivity index (χ3n) is 4.23. The summed E-state index contributed by atoms with van der Waals surface area (Å²) in [6.45, 7) is 2.17. The summed E-state index contributed by atoms with van der Waals surface area (Å²) in [5.41, 5.74) is 4.59. The Balaban J connectivity index is 1.43. The van der Waals surface area contributed by atoms with E-state index in [0.717, 1.165) is 16.3 Å². The van der Waals surface area contributed by atoms with Crippen LogP contribution in [0.1, 0.15) is 11.1 Å². The third-order valence-corrected chi connectivity index (χ3v) is 4.23. The molecule has 1 heterocycles. The van der Waals surface area contributed by atoms with Gasteiger partial charge in [-0.05, 0) is 35.4 Å². The fraction of sp³-hybridized carbons (Fsp3) is 0.143. The number of carbonyl (C=O) groups excluding carboxylic acids is 1. The number of amides is 1. The number of ether oxygens (including phenoxy) is 2. The molecule has 0 fully saturated rings. The molecule has 1 aliphatic rings. The van der Waals surface area contributed by atoms with E-state index >= 15 is 0 Å². The van der Waals surface area contributed by atoms with Crippen molar-refractivity contribution >= 4 is 22.9 Å². The van der Waals surface area contributed by atoms with Gasteiger partial charge < -0.3 is 9.47 Å². The fourth-order valence-corrected chi connectivity index (χ4v) is 2.78. The summed E-state index contributed by atoms with van der Waals surface area (Å²) >= 11 is 0. The summed E-state index contributed by atoms with van der Waals surface area (Å²) in [5, 5.41) is 6.10. The zero-order valence-electron chi connectivity index (χ0n) is 14.3. The zero-order valence-corrected chi connectivity index (χ0v) is 14.3. The summed E-state index contributed by atoms with van der Waals surface area (Å²) in [7, 11) is 0. The van der Waals surface area contributed by atoms with E-state index in [9.17, 15) is 4.79 Å². The largest absolute Gasteiger partial charge is 0.485 e. The molecule has 3 aromatic rings. The Morgan fingerprint density at radius 1 is 1.08 bits per heavy atom. The third kappa shape index (κ3) is 3.37. The van der Waals surface area contributed by atoms with Crippen LogP contribution in [-0.4, -0.2) is 24.8 Å². The maximum Gasteiger partial charge on any atom is 0.284 e. The number of nitrogens with one attached hydrogen (secondary N) is 1.